The summed E-state index contributed by atoms with van der Waals surface area (Å²) in [6, 6.07) is 2.41. The van der Waals surface area contributed by atoms with E-state index in [1.165, 1.54) is 0 Å². The summed E-state index contributed by atoms with van der Waals surface area (Å²) in [6.45, 7) is 5.80. The van der Waals surface area contributed by atoms with Crippen molar-refractivity contribution in [2.24, 2.45) is 0 Å². The summed E-state index contributed by atoms with van der Waals surface area (Å²) in [7, 11) is 1.77. The van der Waals surface area contributed by atoms with Crippen molar-refractivity contribution in [3.05, 3.63) is 23.0 Å². The zero-order valence-electron chi connectivity index (χ0n) is 12.1. The van der Waals surface area contributed by atoms with E-state index in [9.17, 15) is 4.79 Å². The van der Waals surface area contributed by atoms with Crippen molar-refractivity contribution < 1.29 is 9.53 Å². The van der Waals surface area contributed by atoms with Gasteiger partial charge in [-0.3, -0.25) is 4.79 Å². The van der Waals surface area contributed by atoms with Crippen LogP contribution in [-0.4, -0.2) is 28.9 Å². The van der Waals surface area contributed by atoms with Crippen LogP contribution in [0.3, 0.4) is 0 Å². The summed E-state index contributed by atoms with van der Waals surface area (Å²) in [5.41, 5.74) is 2.94. The lowest BCUT2D eigenvalue weighted by Crippen LogP contribution is -2.14. The number of ketones is 1. The summed E-state index contributed by atoms with van der Waals surface area (Å²) < 4.78 is 7.72. The van der Waals surface area contributed by atoms with E-state index in [4.69, 9.17) is 16.3 Å². The van der Waals surface area contributed by atoms with Gasteiger partial charge in [-0.15, -0.1) is 11.6 Å². The molecule has 0 saturated heterocycles. The number of Topliss-reactive ketones (excluding diaryl/α,β-unsaturated/α-hetero) is 1. The van der Waals surface area contributed by atoms with Crippen molar-refractivity contribution in [1.82, 2.24) is 4.57 Å². The maximum Gasteiger partial charge on any atom is 0.182 e. The number of alkyl halides is 1. The number of rotatable bonds is 4. The van der Waals surface area contributed by atoms with E-state index < -0.39 is 5.38 Å². The molecule has 0 N–H and O–H groups in total. The van der Waals surface area contributed by atoms with Crippen molar-refractivity contribution >= 4 is 17.4 Å². The fourth-order valence-corrected chi connectivity index (χ4v) is 3.29. The predicted octanol–water partition coefficient (Wildman–Crippen LogP) is 3.65. The summed E-state index contributed by atoms with van der Waals surface area (Å²) in [5, 5.41) is -0.468. The third-order valence-electron chi connectivity index (χ3n) is 4.17. The third kappa shape index (κ3) is 2.72. The van der Waals surface area contributed by atoms with E-state index in [1.807, 2.05) is 13.0 Å². The van der Waals surface area contributed by atoms with Crippen LogP contribution in [0, 0.1) is 13.8 Å². The minimum atomic E-state index is -0.468. The number of halogens is 1. The SMILES string of the molecule is COC1CCC(n2c(C)cc(C(=O)C(C)Cl)c2C)C1. The van der Waals surface area contributed by atoms with E-state index in [0.29, 0.717) is 12.1 Å². The largest absolute Gasteiger partial charge is 0.381 e. The number of hydrogen-bond acceptors (Lipinski definition) is 2. The van der Waals surface area contributed by atoms with E-state index in [2.05, 4.69) is 11.5 Å². The zero-order valence-corrected chi connectivity index (χ0v) is 12.8. The van der Waals surface area contributed by atoms with Crippen LogP contribution in [-0.2, 0) is 4.74 Å². The second kappa shape index (κ2) is 5.68. The Kier molecular flexibility index (Phi) is 4.36. The molecule has 3 nitrogen and oxygen atoms in total. The Morgan fingerprint density at radius 3 is 2.68 bits per heavy atom. The maximum atomic E-state index is 12.1. The molecule has 1 aromatic heterocycles. The molecule has 0 aliphatic heterocycles. The van der Waals surface area contributed by atoms with Gasteiger partial charge in [-0.25, -0.2) is 0 Å². The molecule has 1 aliphatic carbocycles. The zero-order chi connectivity index (χ0) is 14.2. The lowest BCUT2D eigenvalue weighted by Gasteiger charge is -2.18. The Balaban J connectivity index is 2.30. The van der Waals surface area contributed by atoms with Crippen molar-refractivity contribution in [3.63, 3.8) is 0 Å². The van der Waals surface area contributed by atoms with Gasteiger partial charge in [0.2, 0.25) is 0 Å². The summed E-state index contributed by atoms with van der Waals surface area (Å²) >= 11 is 5.92. The minimum absolute atomic E-state index is 0.0160. The second-order valence-electron chi connectivity index (χ2n) is 5.46. The van der Waals surface area contributed by atoms with E-state index in [-0.39, 0.29) is 5.78 Å². The molecule has 0 aromatic carbocycles. The van der Waals surface area contributed by atoms with Gasteiger partial charge in [0, 0.05) is 30.1 Å². The van der Waals surface area contributed by atoms with E-state index in [0.717, 1.165) is 36.2 Å². The highest BCUT2D eigenvalue weighted by Gasteiger charge is 2.29. The second-order valence-corrected chi connectivity index (χ2v) is 6.11. The van der Waals surface area contributed by atoms with Crippen molar-refractivity contribution in [2.75, 3.05) is 7.11 Å². The molecule has 0 spiro atoms. The highest BCUT2D eigenvalue weighted by Crippen LogP contribution is 2.35. The highest BCUT2D eigenvalue weighted by molar-refractivity contribution is 6.33. The van der Waals surface area contributed by atoms with Crippen LogP contribution in [0.1, 0.15) is 54.0 Å². The summed E-state index contributed by atoms with van der Waals surface area (Å²) in [4.78, 5) is 12.1. The maximum absolute atomic E-state index is 12.1. The molecule has 106 valence electrons. The van der Waals surface area contributed by atoms with Gasteiger partial charge in [0.15, 0.2) is 5.78 Å². The molecule has 3 atom stereocenters. The first-order valence-electron chi connectivity index (χ1n) is 6.85. The van der Waals surface area contributed by atoms with Gasteiger partial charge < -0.3 is 9.30 Å². The molecule has 0 bridgehead atoms. The first-order valence-corrected chi connectivity index (χ1v) is 7.28. The van der Waals surface area contributed by atoms with E-state index >= 15 is 0 Å². The molecule has 0 amide bonds. The molecule has 1 aliphatic rings. The summed E-state index contributed by atoms with van der Waals surface area (Å²) in [5.74, 6) is 0.0160. The number of ether oxygens (including phenoxy) is 1. The number of methoxy groups -OCH3 is 1. The van der Waals surface area contributed by atoms with Gasteiger partial charge in [-0.05, 0) is 46.1 Å². The minimum Gasteiger partial charge on any atom is -0.381 e. The Bertz CT molecular complexity index is 479. The van der Waals surface area contributed by atoms with Crippen LogP contribution in [0.25, 0.3) is 0 Å². The van der Waals surface area contributed by atoms with Crippen molar-refractivity contribution in [2.45, 2.75) is 57.6 Å². The van der Waals surface area contributed by atoms with Crippen molar-refractivity contribution in [1.29, 1.82) is 0 Å². The smallest absolute Gasteiger partial charge is 0.182 e. The highest BCUT2D eigenvalue weighted by atomic mass is 35.5. The predicted molar refractivity (Wildman–Crippen MR) is 77.2 cm³/mol. The lowest BCUT2D eigenvalue weighted by atomic mass is 10.1. The standard InChI is InChI=1S/C15H22ClNO2/c1-9-7-14(15(18)10(2)16)11(3)17(9)12-5-6-13(8-12)19-4/h7,10,12-13H,5-6,8H2,1-4H3. The molecular weight excluding hydrogens is 262 g/mol. The monoisotopic (exact) mass is 283 g/mol. The Morgan fingerprint density at radius 1 is 1.47 bits per heavy atom. The Morgan fingerprint density at radius 2 is 2.16 bits per heavy atom. The van der Waals surface area contributed by atoms with Crippen LogP contribution in [0.15, 0.2) is 6.07 Å². The Hall–Kier alpha value is -0.800. The first kappa shape index (κ1) is 14.6. The molecule has 19 heavy (non-hydrogen) atoms. The molecule has 3 unspecified atom stereocenters. The third-order valence-corrected chi connectivity index (χ3v) is 4.36. The Labute approximate surface area is 119 Å². The molecule has 1 aromatic rings. The lowest BCUT2D eigenvalue weighted by molar-refractivity contribution is 0.0991. The van der Waals surface area contributed by atoms with Crippen LogP contribution < -0.4 is 0 Å². The number of nitrogens with zero attached hydrogens (tertiary/aromatic N) is 1. The van der Waals surface area contributed by atoms with Gasteiger partial charge in [0.05, 0.1) is 11.5 Å². The average molecular weight is 284 g/mol. The first-order chi connectivity index (χ1) is 8.95. The van der Waals surface area contributed by atoms with Crippen LogP contribution in [0.2, 0.25) is 0 Å². The number of carbonyl (C=O) groups excluding carboxylic acids is 1. The molecular formula is C15H22ClNO2. The van der Waals surface area contributed by atoms with Gasteiger partial charge in [0.25, 0.3) is 0 Å². The topological polar surface area (TPSA) is 31.2 Å². The fraction of sp³-hybridized carbons (Fsp3) is 0.667. The number of hydrogen-bond donors (Lipinski definition) is 0. The van der Waals surface area contributed by atoms with Crippen LogP contribution in [0.4, 0.5) is 0 Å². The number of aryl methyl sites for hydroxylation is 1. The molecule has 4 heteroatoms. The van der Waals surface area contributed by atoms with Gasteiger partial charge in [0.1, 0.15) is 0 Å². The average Bonchev–Trinajstić information content (AvgIpc) is 2.93. The molecule has 1 saturated carbocycles. The van der Waals surface area contributed by atoms with E-state index in [1.54, 1.807) is 14.0 Å². The normalized spacial score (nSPS) is 24.7. The van der Waals surface area contributed by atoms with Crippen molar-refractivity contribution in [3.8, 4) is 0 Å². The molecule has 2 rings (SSSR count). The van der Waals surface area contributed by atoms with Gasteiger partial charge in [-0.2, -0.15) is 0 Å². The fourth-order valence-electron chi connectivity index (χ4n) is 3.17. The molecule has 0 radical (unpaired) electrons. The molecule has 1 fully saturated rings. The summed E-state index contributed by atoms with van der Waals surface area (Å²) in [6.07, 6.45) is 3.57. The van der Waals surface area contributed by atoms with Gasteiger partial charge >= 0.3 is 0 Å². The number of carbonyl (C=O) groups is 1. The number of aromatic nitrogens is 1. The van der Waals surface area contributed by atoms with Gasteiger partial charge in [-0.1, -0.05) is 0 Å². The van der Waals surface area contributed by atoms with Crippen LogP contribution >= 0.6 is 11.6 Å². The molecule has 1 heterocycles. The van der Waals surface area contributed by atoms with Crippen LogP contribution in [0.5, 0.6) is 0 Å². The quantitative estimate of drug-likeness (QED) is 0.624.